The van der Waals surface area contributed by atoms with Crippen molar-refractivity contribution < 1.29 is 14.6 Å². The van der Waals surface area contributed by atoms with Crippen LogP contribution in [-0.2, 0) is 4.74 Å². The largest absolute Gasteiger partial charge is 0.497 e. The van der Waals surface area contributed by atoms with Crippen molar-refractivity contribution in [3.05, 3.63) is 29.8 Å². The lowest BCUT2D eigenvalue weighted by molar-refractivity contribution is -0.0880. The molecule has 2 unspecified atom stereocenters. The average Bonchev–Trinajstić information content (AvgIpc) is 2.56. The minimum Gasteiger partial charge on any atom is -0.497 e. The van der Waals surface area contributed by atoms with Crippen molar-refractivity contribution in [3.63, 3.8) is 0 Å². The number of hydrogen-bond donors (Lipinski definition) is 1. The monoisotopic (exact) mass is 264 g/mol. The van der Waals surface area contributed by atoms with Gasteiger partial charge in [-0.15, -0.1) is 0 Å². The van der Waals surface area contributed by atoms with Crippen LogP contribution in [0.4, 0.5) is 0 Å². The lowest BCUT2D eigenvalue weighted by Crippen LogP contribution is -2.32. The van der Waals surface area contributed by atoms with E-state index >= 15 is 0 Å². The zero-order valence-corrected chi connectivity index (χ0v) is 12.4. The molecule has 106 valence electrons. The smallest absolute Gasteiger partial charge is 0.119 e. The second kappa shape index (κ2) is 4.80. The maximum atomic E-state index is 10.7. The summed E-state index contributed by atoms with van der Waals surface area (Å²) in [6.07, 6.45) is 0.310. The Bertz CT molecular complexity index is 451. The van der Waals surface area contributed by atoms with Gasteiger partial charge in [0.15, 0.2) is 0 Å². The fraction of sp³-hybridized carbons (Fsp3) is 0.625. The van der Waals surface area contributed by atoms with E-state index in [9.17, 15) is 5.11 Å². The highest BCUT2D eigenvalue weighted by atomic mass is 16.5. The molecular weight excluding hydrogens is 240 g/mol. The van der Waals surface area contributed by atoms with Gasteiger partial charge in [0.1, 0.15) is 5.75 Å². The van der Waals surface area contributed by atoms with E-state index in [1.54, 1.807) is 7.11 Å². The molecule has 0 spiro atoms. The minimum atomic E-state index is -0.535. The number of ether oxygens (including phenoxy) is 2. The fourth-order valence-electron chi connectivity index (χ4n) is 3.15. The predicted octanol–water partition coefficient (Wildman–Crippen LogP) is 3.32. The van der Waals surface area contributed by atoms with Gasteiger partial charge in [0.2, 0.25) is 0 Å². The van der Waals surface area contributed by atoms with Crippen LogP contribution in [0, 0.1) is 5.92 Å². The van der Waals surface area contributed by atoms with Crippen LogP contribution in [0.25, 0.3) is 0 Å². The zero-order chi connectivity index (χ0) is 14.3. The van der Waals surface area contributed by atoms with Gasteiger partial charge in [0.25, 0.3) is 0 Å². The van der Waals surface area contributed by atoms with E-state index in [1.807, 2.05) is 24.3 Å². The Morgan fingerprint density at radius 1 is 1.32 bits per heavy atom. The summed E-state index contributed by atoms with van der Waals surface area (Å²) >= 11 is 0. The molecule has 3 heteroatoms. The summed E-state index contributed by atoms with van der Waals surface area (Å²) in [6.45, 7) is 8.26. The summed E-state index contributed by atoms with van der Waals surface area (Å²) in [7, 11) is 1.64. The maximum Gasteiger partial charge on any atom is 0.119 e. The molecule has 1 aliphatic rings. The van der Waals surface area contributed by atoms with Crippen molar-refractivity contribution in [2.45, 2.75) is 51.4 Å². The van der Waals surface area contributed by atoms with Gasteiger partial charge in [-0.05, 0) is 51.8 Å². The molecule has 3 nitrogen and oxygen atoms in total. The summed E-state index contributed by atoms with van der Waals surface area (Å²) in [6, 6.07) is 7.63. The van der Waals surface area contributed by atoms with E-state index in [2.05, 4.69) is 27.7 Å². The third-order valence-electron chi connectivity index (χ3n) is 3.96. The van der Waals surface area contributed by atoms with E-state index in [0.717, 1.165) is 17.7 Å². The number of hydrogen-bond acceptors (Lipinski definition) is 3. The van der Waals surface area contributed by atoms with Gasteiger partial charge in [0, 0.05) is 5.92 Å². The van der Waals surface area contributed by atoms with Gasteiger partial charge in [-0.25, -0.2) is 0 Å². The van der Waals surface area contributed by atoms with Gasteiger partial charge < -0.3 is 14.6 Å². The van der Waals surface area contributed by atoms with Gasteiger partial charge in [-0.1, -0.05) is 12.1 Å². The van der Waals surface area contributed by atoms with Gasteiger partial charge in [-0.2, -0.15) is 0 Å². The molecule has 1 heterocycles. The highest BCUT2D eigenvalue weighted by Crippen LogP contribution is 2.47. The van der Waals surface area contributed by atoms with Crippen LogP contribution in [0.1, 0.15) is 45.8 Å². The molecule has 0 radical (unpaired) electrons. The van der Waals surface area contributed by atoms with Crippen LogP contribution < -0.4 is 4.74 Å². The first-order chi connectivity index (χ1) is 8.75. The third kappa shape index (κ3) is 2.93. The van der Waals surface area contributed by atoms with Crippen LogP contribution in [0.2, 0.25) is 0 Å². The molecule has 1 aliphatic heterocycles. The second-order valence-electron chi connectivity index (χ2n) is 6.50. The molecule has 1 aromatic carbocycles. The molecule has 1 aromatic rings. The van der Waals surface area contributed by atoms with Gasteiger partial charge in [0.05, 0.1) is 24.4 Å². The molecule has 2 atom stereocenters. The van der Waals surface area contributed by atoms with E-state index in [0.29, 0.717) is 0 Å². The van der Waals surface area contributed by atoms with Crippen molar-refractivity contribution in [2.75, 3.05) is 7.11 Å². The average molecular weight is 264 g/mol. The van der Waals surface area contributed by atoms with Crippen molar-refractivity contribution in [1.82, 2.24) is 0 Å². The van der Waals surface area contributed by atoms with Crippen LogP contribution in [0.3, 0.4) is 0 Å². The van der Waals surface area contributed by atoms with Crippen molar-refractivity contribution in [2.24, 2.45) is 5.92 Å². The number of aliphatic hydroxyl groups is 1. The van der Waals surface area contributed by atoms with E-state index < -0.39 is 6.10 Å². The number of methoxy groups -OCH3 is 1. The summed E-state index contributed by atoms with van der Waals surface area (Å²) in [5.41, 5.74) is 0.374. The Labute approximate surface area is 115 Å². The fourth-order valence-corrected chi connectivity index (χ4v) is 3.15. The van der Waals surface area contributed by atoms with Crippen LogP contribution in [0.15, 0.2) is 24.3 Å². The molecule has 0 amide bonds. The topological polar surface area (TPSA) is 38.7 Å². The Hall–Kier alpha value is -1.06. The van der Waals surface area contributed by atoms with Crippen molar-refractivity contribution in [1.29, 1.82) is 0 Å². The Morgan fingerprint density at radius 2 is 2.00 bits per heavy atom. The standard InChI is InChI=1S/C16H24O3/c1-15(2)10-13(16(3,4)19-15)14(17)11-7-6-8-12(9-11)18-5/h6-9,13-14,17H,10H2,1-5H3. The molecule has 0 aromatic heterocycles. The summed E-state index contributed by atoms with van der Waals surface area (Å²) in [4.78, 5) is 0. The number of benzene rings is 1. The van der Waals surface area contributed by atoms with Crippen LogP contribution >= 0.6 is 0 Å². The molecule has 0 bridgehead atoms. The predicted molar refractivity (Wildman–Crippen MR) is 75.3 cm³/mol. The van der Waals surface area contributed by atoms with E-state index in [4.69, 9.17) is 9.47 Å². The lowest BCUT2D eigenvalue weighted by atomic mass is 9.80. The molecule has 1 saturated heterocycles. The summed E-state index contributed by atoms with van der Waals surface area (Å²) in [5.74, 6) is 0.849. The molecule has 1 N–H and O–H groups in total. The first-order valence-electron chi connectivity index (χ1n) is 6.77. The van der Waals surface area contributed by atoms with Crippen molar-refractivity contribution >= 4 is 0 Å². The molecule has 19 heavy (non-hydrogen) atoms. The Morgan fingerprint density at radius 3 is 2.53 bits per heavy atom. The second-order valence-corrected chi connectivity index (χ2v) is 6.50. The highest BCUT2D eigenvalue weighted by Gasteiger charge is 2.49. The Kier molecular flexibility index (Phi) is 3.63. The van der Waals surface area contributed by atoms with Crippen LogP contribution in [-0.4, -0.2) is 23.4 Å². The van der Waals surface area contributed by atoms with Crippen molar-refractivity contribution in [3.8, 4) is 5.75 Å². The SMILES string of the molecule is COc1cccc(C(O)C2CC(C)(C)OC2(C)C)c1. The third-order valence-corrected chi connectivity index (χ3v) is 3.96. The number of aliphatic hydroxyl groups excluding tert-OH is 1. The molecule has 2 rings (SSSR count). The molecular formula is C16H24O3. The summed E-state index contributed by atoms with van der Waals surface area (Å²) < 4.78 is 11.3. The minimum absolute atomic E-state index is 0.0783. The van der Waals surface area contributed by atoms with E-state index in [1.165, 1.54) is 0 Å². The molecule has 0 saturated carbocycles. The highest BCUT2D eigenvalue weighted by molar-refractivity contribution is 5.30. The summed E-state index contributed by atoms with van der Waals surface area (Å²) in [5, 5.41) is 10.7. The van der Waals surface area contributed by atoms with E-state index in [-0.39, 0.29) is 17.1 Å². The van der Waals surface area contributed by atoms with Gasteiger partial charge >= 0.3 is 0 Å². The van der Waals surface area contributed by atoms with Gasteiger partial charge in [-0.3, -0.25) is 0 Å². The maximum absolute atomic E-state index is 10.7. The number of rotatable bonds is 3. The Balaban J connectivity index is 2.26. The molecule has 0 aliphatic carbocycles. The molecule has 1 fully saturated rings. The first kappa shape index (κ1) is 14.4. The zero-order valence-electron chi connectivity index (χ0n) is 12.4. The lowest BCUT2D eigenvalue weighted by Gasteiger charge is -2.30. The van der Waals surface area contributed by atoms with Crippen LogP contribution in [0.5, 0.6) is 5.75 Å². The normalized spacial score (nSPS) is 26.1. The quantitative estimate of drug-likeness (QED) is 0.910. The first-order valence-corrected chi connectivity index (χ1v) is 6.77.